The molecule has 0 fully saturated rings. The van der Waals surface area contributed by atoms with Gasteiger partial charge in [-0.2, -0.15) is 0 Å². The molecule has 0 atom stereocenters. The van der Waals surface area contributed by atoms with Crippen molar-refractivity contribution < 1.29 is 9.53 Å². The second-order valence-corrected chi connectivity index (χ2v) is 5.86. The minimum absolute atomic E-state index is 0.0638. The highest BCUT2D eigenvalue weighted by Crippen LogP contribution is 2.17. The molecule has 1 amide bonds. The molecule has 0 saturated heterocycles. The minimum Gasteiger partial charge on any atom is -0.497 e. The second kappa shape index (κ2) is 7.79. The number of amides is 1. The summed E-state index contributed by atoms with van der Waals surface area (Å²) in [5, 5.41) is 15.0. The largest absolute Gasteiger partial charge is 0.497 e. The number of nitrogens with zero attached hydrogens (tertiary/aromatic N) is 4. The van der Waals surface area contributed by atoms with Gasteiger partial charge in [0.2, 0.25) is 11.1 Å². The number of ether oxygens (including phenoxy) is 1. The van der Waals surface area contributed by atoms with Crippen molar-refractivity contribution in [3.63, 3.8) is 0 Å². The van der Waals surface area contributed by atoms with Gasteiger partial charge in [0, 0.05) is 6.54 Å². The summed E-state index contributed by atoms with van der Waals surface area (Å²) in [4.78, 5) is 11.9. The standard InChI is InChI=1S/C14H19N5O2S/c1-10(2)19-14(16-17-18-19)22-9-13(20)15-8-11-5-4-6-12(7-11)21-3/h4-7,10H,8-9H2,1-3H3,(H,15,20). The number of benzene rings is 1. The zero-order valence-electron chi connectivity index (χ0n) is 12.8. The van der Waals surface area contributed by atoms with Gasteiger partial charge in [-0.15, -0.1) is 5.10 Å². The maximum absolute atomic E-state index is 11.9. The van der Waals surface area contributed by atoms with E-state index in [-0.39, 0.29) is 17.7 Å². The van der Waals surface area contributed by atoms with E-state index in [0.29, 0.717) is 11.7 Å². The number of nitrogens with one attached hydrogen (secondary N) is 1. The molecule has 0 aliphatic rings. The number of methoxy groups -OCH3 is 1. The summed E-state index contributed by atoms with van der Waals surface area (Å²) in [5.74, 6) is 0.986. The Bertz CT molecular complexity index is 629. The number of aromatic nitrogens is 4. The average Bonchev–Trinajstić information content (AvgIpc) is 3.00. The van der Waals surface area contributed by atoms with Crippen molar-refractivity contribution >= 4 is 17.7 Å². The van der Waals surface area contributed by atoms with Crippen LogP contribution in [-0.4, -0.2) is 39.0 Å². The van der Waals surface area contributed by atoms with E-state index in [4.69, 9.17) is 4.74 Å². The van der Waals surface area contributed by atoms with Crippen LogP contribution >= 0.6 is 11.8 Å². The second-order valence-electron chi connectivity index (χ2n) is 4.92. The van der Waals surface area contributed by atoms with E-state index in [1.165, 1.54) is 11.8 Å². The van der Waals surface area contributed by atoms with Gasteiger partial charge in [0.1, 0.15) is 5.75 Å². The fraction of sp³-hybridized carbons (Fsp3) is 0.429. The van der Waals surface area contributed by atoms with Crippen LogP contribution in [0.1, 0.15) is 25.5 Å². The van der Waals surface area contributed by atoms with Crippen molar-refractivity contribution in [3.05, 3.63) is 29.8 Å². The van der Waals surface area contributed by atoms with Gasteiger partial charge in [-0.3, -0.25) is 4.79 Å². The van der Waals surface area contributed by atoms with E-state index >= 15 is 0 Å². The Morgan fingerprint density at radius 2 is 2.27 bits per heavy atom. The molecule has 0 radical (unpaired) electrons. The molecule has 0 saturated carbocycles. The van der Waals surface area contributed by atoms with Crippen LogP contribution in [0.2, 0.25) is 0 Å². The molecular formula is C14H19N5O2S. The summed E-state index contributed by atoms with van der Waals surface area (Å²) < 4.78 is 6.85. The molecule has 118 valence electrons. The van der Waals surface area contributed by atoms with Gasteiger partial charge in [0.25, 0.3) is 0 Å². The molecule has 1 heterocycles. The van der Waals surface area contributed by atoms with Gasteiger partial charge in [-0.05, 0) is 42.0 Å². The van der Waals surface area contributed by atoms with Crippen LogP contribution in [-0.2, 0) is 11.3 Å². The summed E-state index contributed by atoms with van der Waals surface area (Å²) in [5.41, 5.74) is 0.990. The fourth-order valence-corrected chi connectivity index (χ4v) is 2.60. The molecule has 1 aromatic heterocycles. The third kappa shape index (κ3) is 4.45. The lowest BCUT2D eigenvalue weighted by atomic mass is 10.2. The Morgan fingerprint density at radius 1 is 1.45 bits per heavy atom. The first kappa shape index (κ1) is 16.3. The summed E-state index contributed by atoms with van der Waals surface area (Å²) in [7, 11) is 1.62. The number of hydrogen-bond acceptors (Lipinski definition) is 6. The first-order valence-electron chi connectivity index (χ1n) is 6.90. The van der Waals surface area contributed by atoms with E-state index in [1.54, 1.807) is 11.8 Å². The first-order chi connectivity index (χ1) is 10.6. The number of thioether (sulfide) groups is 1. The normalized spacial score (nSPS) is 10.7. The van der Waals surface area contributed by atoms with Gasteiger partial charge < -0.3 is 10.1 Å². The van der Waals surface area contributed by atoms with E-state index < -0.39 is 0 Å². The Balaban J connectivity index is 1.81. The molecule has 0 aliphatic carbocycles. The molecular weight excluding hydrogens is 302 g/mol. The Hall–Kier alpha value is -2.09. The Morgan fingerprint density at radius 3 is 3.00 bits per heavy atom. The SMILES string of the molecule is COc1cccc(CNC(=O)CSc2nnnn2C(C)C)c1. The topological polar surface area (TPSA) is 81.9 Å². The molecule has 1 aromatic carbocycles. The zero-order valence-corrected chi connectivity index (χ0v) is 13.6. The molecule has 7 nitrogen and oxygen atoms in total. The summed E-state index contributed by atoms with van der Waals surface area (Å²) in [6.07, 6.45) is 0. The monoisotopic (exact) mass is 321 g/mol. The van der Waals surface area contributed by atoms with Crippen molar-refractivity contribution in [1.29, 1.82) is 0 Å². The van der Waals surface area contributed by atoms with E-state index in [2.05, 4.69) is 20.8 Å². The number of rotatable bonds is 7. The highest BCUT2D eigenvalue weighted by molar-refractivity contribution is 7.99. The third-order valence-electron chi connectivity index (χ3n) is 2.91. The van der Waals surface area contributed by atoms with Crippen LogP contribution in [0.3, 0.4) is 0 Å². The van der Waals surface area contributed by atoms with Crippen LogP contribution < -0.4 is 10.1 Å². The van der Waals surface area contributed by atoms with E-state index in [0.717, 1.165) is 11.3 Å². The van der Waals surface area contributed by atoms with Crippen molar-refractivity contribution in [2.75, 3.05) is 12.9 Å². The fourth-order valence-electron chi connectivity index (χ4n) is 1.77. The van der Waals surface area contributed by atoms with E-state index in [1.807, 2.05) is 38.1 Å². The maximum atomic E-state index is 11.9. The molecule has 0 spiro atoms. The predicted molar refractivity (Wildman–Crippen MR) is 83.8 cm³/mol. The lowest BCUT2D eigenvalue weighted by Crippen LogP contribution is -2.24. The predicted octanol–water partition coefficient (Wildman–Crippen LogP) is 1.67. The average molecular weight is 321 g/mol. The molecule has 0 bridgehead atoms. The van der Waals surface area contributed by atoms with Crippen LogP contribution in [0.5, 0.6) is 5.75 Å². The lowest BCUT2D eigenvalue weighted by Gasteiger charge is -2.08. The molecule has 0 aliphatic heterocycles. The molecule has 2 rings (SSSR count). The summed E-state index contributed by atoms with van der Waals surface area (Å²) in [6.45, 7) is 4.44. The van der Waals surface area contributed by atoms with Crippen LogP contribution in [0.15, 0.2) is 29.4 Å². The van der Waals surface area contributed by atoms with Gasteiger partial charge in [0.15, 0.2) is 0 Å². The Labute approximate surface area is 133 Å². The minimum atomic E-state index is -0.0638. The smallest absolute Gasteiger partial charge is 0.230 e. The van der Waals surface area contributed by atoms with Crippen molar-refractivity contribution in [1.82, 2.24) is 25.5 Å². The van der Waals surface area contributed by atoms with E-state index in [9.17, 15) is 4.79 Å². The quantitative estimate of drug-likeness (QED) is 0.781. The maximum Gasteiger partial charge on any atom is 0.230 e. The Kier molecular flexibility index (Phi) is 5.76. The summed E-state index contributed by atoms with van der Waals surface area (Å²) >= 11 is 1.32. The van der Waals surface area contributed by atoms with Crippen LogP contribution in [0, 0.1) is 0 Å². The first-order valence-corrected chi connectivity index (χ1v) is 7.89. The van der Waals surface area contributed by atoms with Crippen molar-refractivity contribution in [2.45, 2.75) is 31.6 Å². The number of carbonyl (C=O) groups is 1. The highest BCUT2D eigenvalue weighted by Gasteiger charge is 2.11. The van der Waals surface area contributed by atoms with Crippen LogP contribution in [0.4, 0.5) is 0 Å². The van der Waals surface area contributed by atoms with Crippen LogP contribution in [0.25, 0.3) is 0 Å². The number of carbonyl (C=O) groups excluding carboxylic acids is 1. The summed E-state index contributed by atoms with van der Waals surface area (Å²) in [6, 6.07) is 7.76. The number of tetrazole rings is 1. The molecule has 1 N–H and O–H groups in total. The van der Waals surface area contributed by atoms with Gasteiger partial charge in [-0.25, -0.2) is 4.68 Å². The molecule has 0 unspecified atom stereocenters. The molecule has 2 aromatic rings. The highest BCUT2D eigenvalue weighted by atomic mass is 32.2. The lowest BCUT2D eigenvalue weighted by molar-refractivity contribution is -0.118. The zero-order chi connectivity index (χ0) is 15.9. The van der Waals surface area contributed by atoms with Gasteiger partial charge in [-0.1, -0.05) is 23.9 Å². The molecule has 22 heavy (non-hydrogen) atoms. The van der Waals surface area contributed by atoms with Gasteiger partial charge in [0.05, 0.1) is 18.9 Å². The third-order valence-corrected chi connectivity index (χ3v) is 3.84. The van der Waals surface area contributed by atoms with Crippen molar-refractivity contribution in [3.8, 4) is 5.75 Å². The number of hydrogen-bond donors (Lipinski definition) is 1. The van der Waals surface area contributed by atoms with Gasteiger partial charge >= 0.3 is 0 Å². The molecule has 8 heteroatoms. The van der Waals surface area contributed by atoms with Crippen molar-refractivity contribution in [2.24, 2.45) is 0 Å².